The molecule has 0 saturated heterocycles. The Morgan fingerprint density at radius 1 is 1.00 bits per heavy atom. The van der Waals surface area contributed by atoms with Gasteiger partial charge in [-0.05, 0) is 66.4 Å². The summed E-state index contributed by atoms with van der Waals surface area (Å²) in [5.41, 5.74) is 6.03. The van der Waals surface area contributed by atoms with Crippen molar-refractivity contribution < 1.29 is 4.79 Å². The zero-order valence-corrected chi connectivity index (χ0v) is 20.0. The van der Waals surface area contributed by atoms with Crippen LogP contribution >= 0.6 is 0 Å². The Balaban J connectivity index is 1.59. The van der Waals surface area contributed by atoms with E-state index in [1.54, 1.807) is 4.90 Å². The summed E-state index contributed by atoms with van der Waals surface area (Å²) in [6.07, 6.45) is 2.69. The van der Waals surface area contributed by atoms with Crippen LogP contribution in [0.2, 0.25) is 0 Å². The van der Waals surface area contributed by atoms with Gasteiger partial charge in [0.15, 0.2) is 0 Å². The number of amides is 1. The fourth-order valence-electron chi connectivity index (χ4n) is 4.22. The number of anilines is 1. The van der Waals surface area contributed by atoms with E-state index in [1.807, 2.05) is 73.8 Å². The van der Waals surface area contributed by atoms with Gasteiger partial charge in [-0.25, -0.2) is 4.98 Å². The van der Waals surface area contributed by atoms with E-state index in [9.17, 15) is 4.79 Å². The van der Waals surface area contributed by atoms with Gasteiger partial charge in [-0.15, -0.1) is 0 Å². The van der Waals surface area contributed by atoms with Crippen molar-refractivity contribution in [1.29, 1.82) is 10.5 Å². The molecule has 3 aromatic carbocycles. The lowest BCUT2D eigenvalue weighted by Gasteiger charge is -2.22. The summed E-state index contributed by atoms with van der Waals surface area (Å²) in [5.74, 6) is 0.797. The van der Waals surface area contributed by atoms with Gasteiger partial charge in [0.2, 0.25) is 0 Å². The first-order chi connectivity index (χ1) is 17.0. The molecule has 35 heavy (non-hydrogen) atoms. The third kappa shape index (κ3) is 5.23. The summed E-state index contributed by atoms with van der Waals surface area (Å²) < 4.78 is 2.06. The fourth-order valence-corrected chi connectivity index (χ4v) is 4.22. The Labute approximate surface area is 205 Å². The van der Waals surface area contributed by atoms with Gasteiger partial charge in [0.05, 0.1) is 35.2 Å². The van der Waals surface area contributed by atoms with E-state index in [1.165, 1.54) is 0 Å². The second kappa shape index (κ2) is 10.7. The van der Waals surface area contributed by atoms with Gasteiger partial charge in [0.1, 0.15) is 5.82 Å². The smallest absolute Gasteiger partial charge is 0.258 e. The highest BCUT2D eigenvalue weighted by Crippen LogP contribution is 2.23. The monoisotopic (exact) mass is 461 g/mol. The first-order valence-electron chi connectivity index (χ1n) is 11.8. The lowest BCUT2D eigenvalue weighted by molar-refractivity contribution is 0.0987. The van der Waals surface area contributed by atoms with E-state index < -0.39 is 0 Å². The molecule has 0 spiro atoms. The SMILES string of the molecule is CCc1cccc(N(CCC#N)C(=O)c2ccc3c(c2)nc(CCc2ccc(C#N)cc2)n3C)c1. The van der Waals surface area contributed by atoms with Crippen LogP contribution in [0.5, 0.6) is 0 Å². The molecule has 6 nitrogen and oxygen atoms in total. The Morgan fingerprint density at radius 2 is 1.80 bits per heavy atom. The average Bonchev–Trinajstić information content (AvgIpc) is 3.22. The van der Waals surface area contributed by atoms with Crippen molar-refractivity contribution in [3.8, 4) is 12.1 Å². The number of imidazole rings is 1. The largest absolute Gasteiger partial charge is 0.331 e. The maximum Gasteiger partial charge on any atom is 0.258 e. The number of hydrogen-bond acceptors (Lipinski definition) is 4. The fraction of sp³-hybridized carbons (Fsp3) is 0.241. The molecule has 0 radical (unpaired) electrons. The van der Waals surface area contributed by atoms with Gasteiger partial charge >= 0.3 is 0 Å². The van der Waals surface area contributed by atoms with E-state index in [0.29, 0.717) is 17.7 Å². The molecular weight excluding hydrogens is 434 g/mol. The molecule has 6 heteroatoms. The van der Waals surface area contributed by atoms with Crippen molar-refractivity contribution in [3.05, 3.63) is 94.8 Å². The van der Waals surface area contributed by atoms with Gasteiger partial charge in [-0.1, -0.05) is 31.2 Å². The number of carbonyl (C=O) groups is 1. The first-order valence-corrected chi connectivity index (χ1v) is 11.8. The molecule has 0 N–H and O–H groups in total. The highest BCUT2D eigenvalue weighted by molar-refractivity contribution is 6.07. The van der Waals surface area contributed by atoms with E-state index in [4.69, 9.17) is 15.5 Å². The van der Waals surface area contributed by atoms with Crippen LogP contribution in [-0.4, -0.2) is 22.0 Å². The molecule has 1 amide bonds. The van der Waals surface area contributed by atoms with E-state index in [0.717, 1.165) is 52.9 Å². The molecule has 0 saturated carbocycles. The molecule has 0 aliphatic carbocycles. The molecule has 0 bridgehead atoms. The van der Waals surface area contributed by atoms with Crippen LogP contribution in [0.1, 0.15) is 46.2 Å². The molecule has 4 aromatic rings. The normalized spacial score (nSPS) is 10.6. The van der Waals surface area contributed by atoms with Gasteiger partial charge in [0, 0.05) is 31.3 Å². The van der Waals surface area contributed by atoms with Crippen LogP contribution in [0.15, 0.2) is 66.7 Å². The summed E-state index contributed by atoms with van der Waals surface area (Å²) in [5, 5.41) is 18.1. The minimum absolute atomic E-state index is 0.139. The topological polar surface area (TPSA) is 85.7 Å². The van der Waals surface area contributed by atoms with Crippen LogP contribution in [0.4, 0.5) is 5.69 Å². The first kappa shape index (κ1) is 23.7. The van der Waals surface area contributed by atoms with Crippen molar-refractivity contribution in [1.82, 2.24) is 9.55 Å². The molecule has 4 rings (SSSR count). The molecular formula is C29H27N5O. The average molecular weight is 462 g/mol. The van der Waals surface area contributed by atoms with Crippen LogP contribution in [-0.2, 0) is 26.3 Å². The number of aryl methyl sites for hydroxylation is 4. The van der Waals surface area contributed by atoms with Gasteiger partial charge < -0.3 is 9.47 Å². The predicted molar refractivity (Wildman–Crippen MR) is 137 cm³/mol. The Bertz CT molecular complexity index is 1440. The zero-order chi connectivity index (χ0) is 24.8. The van der Waals surface area contributed by atoms with Gasteiger partial charge in [0.25, 0.3) is 5.91 Å². The minimum Gasteiger partial charge on any atom is -0.331 e. The number of aromatic nitrogens is 2. The van der Waals surface area contributed by atoms with Gasteiger partial charge in [-0.3, -0.25) is 4.79 Å². The van der Waals surface area contributed by atoms with Crippen molar-refractivity contribution >= 4 is 22.6 Å². The number of fused-ring (bicyclic) bond motifs is 1. The molecule has 0 aliphatic heterocycles. The lowest BCUT2D eigenvalue weighted by Crippen LogP contribution is -2.31. The molecule has 174 valence electrons. The quantitative estimate of drug-likeness (QED) is 0.354. The summed E-state index contributed by atoms with van der Waals surface area (Å²) >= 11 is 0. The highest BCUT2D eigenvalue weighted by Gasteiger charge is 2.19. The van der Waals surface area contributed by atoms with E-state index in [-0.39, 0.29) is 12.3 Å². The predicted octanol–water partition coefficient (Wildman–Crippen LogP) is 5.35. The number of hydrogen-bond donors (Lipinski definition) is 0. The third-order valence-corrected chi connectivity index (χ3v) is 6.26. The molecule has 0 aliphatic rings. The standard InChI is InChI=1S/C29H27N5O/c1-3-21-6-4-7-25(18-21)34(17-5-16-30)29(35)24-13-14-27-26(19-24)32-28(33(27)2)15-12-22-8-10-23(20-31)11-9-22/h4,6-11,13-14,18-19H,3,5,12,15,17H2,1-2H3. The van der Waals surface area contributed by atoms with E-state index >= 15 is 0 Å². The number of nitrogens with zero attached hydrogens (tertiary/aromatic N) is 5. The van der Waals surface area contributed by atoms with Crippen molar-refractivity contribution in [3.63, 3.8) is 0 Å². The maximum atomic E-state index is 13.5. The molecule has 1 aromatic heterocycles. The summed E-state index contributed by atoms with van der Waals surface area (Å²) in [6.45, 7) is 2.41. The number of rotatable bonds is 8. The van der Waals surface area contributed by atoms with Crippen LogP contribution in [0.3, 0.4) is 0 Å². The molecule has 0 fully saturated rings. The van der Waals surface area contributed by atoms with Crippen LogP contribution in [0.25, 0.3) is 11.0 Å². The van der Waals surface area contributed by atoms with Crippen LogP contribution < -0.4 is 4.90 Å². The Morgan fingerprint density at radius 3 is 2.51 bits per heavy atom. The van der Waals surface area contributed by atoms with Crippen LogP contribution in [0, 0.1) is 22.7 Å². The number of benzene rings is 3. The minimum atomic E-state index is -0.139. The highest BCUT2D eigenvalue weighted by atomic mass is 16.2. The van der Waals surface area contributed by atoms with Crippen molar-refractivity contribution in [2.75, 3.05) is 11.4 Å². The summed E-state index contributed by atoms with van der Waals surface area (Å²) in [7, 11) is 1.99. The zero-order valence-electron chi connectivity index (χ0n) is 20.0. The molecule has 0 atom stereocenters. The number of carbonyl (C=O) groups excluding carboxylic acids is 1. The van der Waals surface area contributed by atoms with Crippen molar-refractivity contribution in [2.24, 2.45) is 7.05 Å². The van der Waals surface area contributed by atoms with Gasteiger partial charge in [-0.2, -0.15) is 10.5 Å². The second-order valence-corrected chi connectivity index (χ2v) is 8.49. The summed E-state index contributed by atoms with van der Waals surface area (Å²) in [4.78, 5) is 20.0. The molecule has 0 unspecified atom stereocenters. The second-order valence-electron chi connectivity index (χ2n) is 8.49. The third-order valence-electron chi connectivity index (χ3n) is 6.26. The van der Waals surface area contributed by atoms with E-state index in [2.05, 4.69) is 23.6 Å². The Hall–Kier alpha value is -4.42. The maximum absolute atomic E-state index is 13.5. The molecule has 1 heterocycles. The Kier molecular flexibility index (Phi) is 7.24. The lowest BCUT2D eigenvalue weighted by atomic mass is 10.1. The van der Waals surface area contributed by atoms with Crippen molar-refractivity contribution in [2.45, 2.75) is 32.6 Å². The number of nitriles is 2. The summed E-state index contributed by atoms with van der Waals surface area (Å²) in [6, 6.07) is 25.4.